The van der Waals surface area contributed by atoms with Crippen LogP contribution in [0.15, 0.2) is 54.7 Å². The van der Waals surface area contributed by atoms with Crippen molar-refractivity contribution in [3.8, 4) is 5.88 Å². The first-order chi connectivity index (χ1) is 17.8. The van der Waals surface area contributed by atoms with Crippen LogP contribution < -0.4 is 10.2 Å². The standard InChI is InChI=1S/C28H30F2N6O/c1-16(2)35-15-23-25(27(35)37)32-28(36-14-21-12-22(36)13-34(21)3)33-26(23)31-24(17-4-8-19(29)9-5-17)18-6-10-20(30)11-7-18/h4-11,15-16,21-22,24,37H,12-14H2,1-3H3,(H,31,32,33). The number of hydrogen-bond acceptors (Lipinski definition) is 6. The number of anilines is 2. The fraction of sp³-hybridized carbons (Fsp3) is 0.357. The van der Waals surface area contributed by atoms with Crippen LogP contribution >= 0.6 is 0 Å². The smallest absolute Gasteiger partial charge is 0.228 e. The molecule has 4 heterocycles. The summed E-state index contributed by atoms with van der Waals surface area (Å²) in [5.41, 5.74) is 2.08. The molecule has 0 amide bonds. The number of piperazine rings is 1. The van der Waals surface area contributed by atoms with E-state index in [0.717, 1.165) is 30.6 Å². The Morgan fingerprint density at radius 2 is 1.54 bits per heavy atom. The minimum absolute atomic E-state index is 0.0203. The Labute approximate surface area is 214 Å². The molecular formula is C28H30F2N6O. The molecule has 37 heavy (non-hydrogen) atoms. The molecule has 0 saturated carbocycles. The van der Waals surface area contributed by atoms with Gasteiger partial charge in [-0.15, -0.1) is 0 Å². The molecule has 2 aromatic heterocycles. The highest BCUT2D eigenvalue weighted by atomic mass is 19.1. The van der Waals surface area contributed by atoms with Crippen LogP contribution in [0.2, 0.25) is 0 Å². The number of halogens is 2. The summed E-state index contributed by atoms with van der Waals surface area (Å²) in [6.07, 6.45) is 2.92. The Morgan fingerprint density at radius 3 is 2.05 bits per heavy atom. The number of likely N-dealkylation sites (N-methyl/N-ethyl adjacent to an activating group) is 1. The number of aromatic hydroxyl groups is 1. The maximum Gasteiger partial charge on any atom is 0.228 e. The molecule has 6 rings (SSSR count). The van der Waals surface area contributed by atoms with E-state index < -0.39 is 6.04 Å². The van der Waals surface area contributed by atoms with Gasteiger partial charge in [-0.05, 0) is 62.7 Å². The van der Waals surface area contributed by atoms with Gasteiger partial charge in [0.15, 0.2) is 0 Å². The van der Waals surface area contributed by atoms with E-state index >= 15 is 0 Å². The van der Waals surface area contributed by atoms with Gasteiger partial charge in [-0.2, -0.15) is 4.98 Å². The van der Waals surface area contributed by atoms with Crippen molar-refractivity contribution >= 4 is 22.7 Å². The molecule has 0 radical (unpaired) electrons. The van der Waals surface area contributed by atoms with Crippen molar-refractivity contribution < 1.29 is 13.9 Å². The summed E-state index contributed by atoms with van der Waals surface area (Å²) in [6.45, 7) is 5.77. The van der Waals surface area contributed by atoms with E-state index in [2.05, 4.69) is 22.2 Å². The quantitative estimate of drug-likeness (QED) is 0.381. The van der Waals surface area contributed by atoms with Crippen LogP contribution in [0, 0.1) is 11.6 Å². The van der Waals surface area contributed by atoms with E-state index in [1.54, 1.807) is 28.8 Å². The first-order valence-electron chi connectivity index (χ1n) is 12.6. The minimum Gasteiger partial charge on any atom is -0.493 e. The van der Waals surface area contributed by atoms with E-state index in [1.165, 1.54) is 24.3 Å². The lowest BCUT2D eigenvalue weighted by atomic mass is 9.98. The summed E-state index contributed by atoms with van der Waals surface area (Å²) in [6, 6.07) is 12.8. The van der Waals surface area contributed by atoms with Gasteiger partial charge in [0.1, 0.15) is 23.0 Å². The summed E-state index contributed by atoms with van der Waals surface area (Å²) in [5.74, 6) is 0.565. The van der Waals surface area contributed by atoms with Gasteiger partial charge in [-0.25, -0.2) is 13.8 Å². The molecule has 0 aliphatic carbocycles. The summed E-state index contributed by atoms with van der Waals surface area (Å²) < 4.78 is 29.3. The number of nitrogens with one attached hydrogen (secondary N) is 1. The van der Waals surface area contributed by atoms with E-state index in [0.29, 0.717) is 34.8 Å². The summed E-state index contributed by atoms with van der Waals surface area (Å²) in [5, 5.41) is 15.3. The molecule has 2 aromatic carbocycles. The lowest BCUT2D eigenvalue weighted by Gasteiger charge is -2.32. The van der Waals surface area contributed by atoms with E-state index in [9.17, 15) is 13.9 Å². The SMILES string of the molecule is CC(C)n1cc2c(NC(c3ccc(F)cc3)c3ccc(F)cc3)nc(N3CC4CC3CN4C)nc2c1O. The first-order valence-corrected chi connectivity index (χ1v) is 12.6. The van der Waals surface area contributed by atoms with Crippen molar-refractivity contribution in [3.05, 3.63) is 77.5 Å². The third-order valence-electron chi connectivity index (χ3n) is 7.67. The molecule has 2 atom stereocenters. The van der Waals surface area contributed by atoms with Gasteiger partial charge in [-0.3, -0.25) is 4.90 Å². The first kappa shape index (κ1) is 23.7. The number of hydrogen-bond donors (Lipinski definition) is 2. The van der Waals surface area contributed by atoms with Gasteiger partial charge in [0, 0.05) is 37.4 Å². The van der Waals surface area contributed by atoms with Gasteiger partial charge < -0.3 is 19.9 Å². The third-order valence-corrected chi connectivity index (χ3v) is 7.67. The summed E-state index contributed by atoms with van der Waals surface area (Å²) in [7, 11) is 2.14. The zero-order valence-corrected chi connectivity index (χ0v) is 21.1. The van der Waals surface area contributed by atoms with Gasteiger partial charge >= 0.3 is 0 Å². The predicted octanol–water partition coefficient (Wildman–Crippen LogP) is 5.09. The molecule has 2 bridgehead atoms. The zero-order chi connectivity index (χ0) is 25.8. The van der Waals surface area contributed by atoms with Crippen LogP contribution in [0.4, 0.5) is 20.5 Å². The van der Waals surface area contributed by atoms with Crippen LogP contribution in [-0.4, -0.2) is 56.8 Å². The van der Waals surface area contributed by atoms with Crippen molar-refractivity contribution in [3.63, 3.8) is 0 Å². The number of benzene rings is 2. The van der Waals surface area contributed by atoms with Crippen LogP contribution in [-0.2, 0) is 0 Å². The van der Waals surface area contributed by atoms with Crippen molar-refractivity contribution in [1.82, 2.24) is 19.4 Å². The summed E-state index contributed by atoms with van der Waals surface area (Å²) >= 11 is 0. The molecule has 7 nitrogen and oxygen atoms in total. The monoisotopic (exact) mass is 504 g/mol. The Kier molecular flexibility index (Phi) is 5.75. The van der Waals surface area contributed by atoms with Crippen molar-refractivity contribution in [1.29, 1.82) is 0 Å². The van der Waals surface area contributed by atoms with Crippen molar-refractivity contribution in [2.75, 3.05) is 30.4 Å². The largest absolute Gasteiger partial charge is 0.493 e. The maximum absolute atomic E-state index is 13.8. The molecule has 2 saturated heterocycles. The molecule has 192 valence electrons. The Bertz CT molecular complexity index is 1390. The molecule has 2 aliphatic rings. The molecule has 2 N–H and O–H groups in total. The van der Waals surface area contributed by atoms with Gasteiger partial charge in [-0.1, -0.05) is 24.3 Å². The molecule has 2 aliphatic heterocycles. The number of aromatic nitrogens is 3. The van der Waals surface area contributed by atoms with Crippen LogP contribution in [0.5, 0.6) is 5.88 Å². The normalized spacial score (nSPS) is 19.6. The second-order valence-corrected chi connectivity index (χ2v) is 10.4. The fourth-order valence-corrected chi connectivity index (χ4v) is 5.62. The van der Waals surface area contributed by atoms with Gasteiger partial charge in [0.2, 0.25) is 11.8 Å². The highest BCUT2D eigenvalue weighted by molar-refractivity contribution is 5.94. The Morgan fingerprint density at radius 1 is 0.919 bits per heavy atom. The molecule has 9 heteroatoms. The Balaban J connectivity index is 1.48. The van der Waals surface area contributed by atoms with E-state index in [1.807, 2.05) is 20.0 Å². The maximum atomic E-state index is 13.8. The number of rotatable bonds is 6. The second-order valence-electron chi connectivity index (χ2n) is 10.4. The molecule has 0 spiro atoms. The molecule has 4 aromatic rings. The van der Waals surface area contributed by atoms with Gasteiger partial charge in [0.05, 0.1) is 11.4 Å². The topological polar surface area (TPSA) is 69.5 Å². The molecule has 2 fully saturated rings. The molecular weight excluding hydrogens is 474 g/mol. The third kappa shape index (κ3) is 4.17. The van der Waals surface area contributed by atoms with Crippen LogP contribution in [0.25, 0.3) is 10.9 Å². The van der Waals surface area contributed by atoms with Crippen molar-refractivity contribution in [2.24, 2.45) is 0 Å². The minimum atomic E-state index is -0.433. The average molecular weight is 505 g/mol. The summed E-state index contributed by atoms with van der Waals surface area (Å²) in [4.78, 5) is 14.4. The van der Waals surface area contributed by atoms with Crippen LogP contribution in [0.1, 0.15) is 43.5 Å². The lowest BCUT2D eigenvalue weighted by molar-refractivity contribution is 0.291. The number of likely N-dealkylation sites (tertiary alicyclic amines) is 1. The second kappa shape index (κ2) is 8.99. The fourth-order valence-electron chi connectivity index (χ4n) is 5.62. The highest BCUT2D eigenvalue weighted by Crippen LogP contribution is 2.39. The highest BCUT2D eigenvalue weighted by Gasteiger charge is 2.43. The van der Waals surface area contributed by atoms with E-state index in [4.69, 9.17) is 9.97 Å². The molecule has 2 unspecified atom stereocenters. The van der Waals surface area contributed by atoms with Gasteiger partial charge in [0.25, 0.3) is 0 Å². The van der Waals surface area contributed by atoms with E-state index in [-0.39, 0.29) is 23.6 Å². The predicted molar refractivity (Wildman–Crippen MR) is 140 cm³/mol. The Hall–Kier alpha value is -3.72. The number of fused-ring (bicyclic) bond motifs is 3. The number of nitrogens with zero attached hydrogens (tertiary/aromatic N) is 5. The van der Waals surface area contributed by atoms with Crippen molar-refractivity contribution in [2.45, 2.75) is 44.4 Å². The average Bonchev–Trinajstić information content (AvgIpc) is 3.56. The zero-order valence-electron chi connectivity index (χ0n) is 21.1. The lowest BCUT2D eigenvalue weighted by Crippen LogP contribution is -2.45. The van der Waals surface area contributed by atoms with Crippen LogP contribution in [0.3, 0.4) is 0 Å².